The maximum absolute atomic E-state index is 11.7. The Bertz CT molecular complexity index is 491. The van der Waals surface area contributed by atoms with Gasteiger partial charge in [-0.15, -0.1) is 11.3 Å². The molecule has 2 rings (SSSR count). The molecule has 1 heterocycles. The molecule has 2 aromatic rings. The third-order valence-corrected chi connectivity index (χ3v) is 3.12. The Kier molecular flexibility index (Phi) is 3.67. The van der Waals surface area contributed by atoms with E-state index in [1.807, 2.05) is 17.5 Å². The number of carbonyl (C=O) groups is 2. The maximum atomic E-state index is 11.7. The van der Waals surface area contributed by atoms with E-state index in [1.54, 1.807) is 30.3 Å². The second-order valence-corrected chi connectivity index (χ2v) is 4.32. The van der Waals surface area contributed by atoms with Gasteiger partial charge in [0.2, 0.25) is 0 Å². The van der Waals surface area contributed by atoms with E-state index in [0.29, 0.717) is 11.8 Å². The van der Waals surface area contributed by atoms with Crippen LogP contribution in [0.25, 0.3) is 0 Å². The lowest BCUT2D eigenvalue weighted by Gasteiger charge is -2.10. The molecule has 1 atom stereocenters. The van der Waals surface area contributed by atoms with Gasteiger partial charge < -0.3 is 4.74 Å². The monoisotopic (exact) mass is 246 g/mol. The van der Waals surface area contributed by atoms with Crippen LogP contribution in [0.1, 0.15) is 21.3 Å². The molecule has 1 unspecified atom stereocenters. The average Bonchev–Trinajstić information content (AvgIpc) is 2.90. The van der Waals surface area contributed by atoms with E-state index in [0.717, 1.165) is 4.88 Å². The molecule has 0 spiro atoms. The minimum Gasteiger partial charge on any atom is -0.445 e. The number of rotatable bonds is 4. The van der Waals surface area contributed by atoms with Crippen LogP contribution >= 0.6 is 11.3 Å². The molecular weight excluding hydrogens is 236 g/mol. The highest BCUT2D eigenvalue weighted by Crippen LogP contribution is 2.21. The first-order valence-corrected chi connectivity index (χ1v) is 5.94. The lowest BCUT2D eigenvalue weighted by molar-refractivity contribution is -0.115. The number of benzene rings is 1. The largest absolute Gasteiger partial charge is 0.445 e. The summed E-state index contributed by atoms with van der Waals surface area (Å²) in [4.78, 5) is 23.4. The number of ether oxygens (including phenoxy) is 1. The van der Waals surface area contributed by atoms with E-state index in [-0.39, 0.29) is 0 Å². The van der Waals surface area contributed by atoms with Crippen molar-refractivity contribution >= 4 is 23.6 Å². The normalized spacial score (nSPS) is 11.8. The van der Waals surface area contributed by atoms with Crippen molar-refractivity contribution in [2.24, 2.45) is 0 Å². The van der Waals surface area contributed by atoms with Crippen LogP contribution in [0.15, 0.2) is 47.8 Å². The fourth-order valence-corrected chi connectivity index (χ4v) is 2.07. The second-order valence-electron chi connectivity index (χ2n) is 3.34. The van der Waals surface area contributed by atoms with E-state index in [2.05, 4.69) is 0 Å². The standard InChI is InChI=1S/C13H10O3S/c14-9-11(12-7-4-8-17-12)16-13(15)10-5-2-1-3-6-10/h1-9,11H. The lowest BCUT2D eigenvalue weighted by atomic mass is 10.2. The topological polar surface area (TPSA) is 43.4 Å². The number of hydrogen-bond donors (Lipinski definition) is 0. The minimum absolute atomic E-state index is 0.441. The molecule has 4 heteroatoms. The summed E-state index contributed by atoms with van der Waals surface area (Å²) < 4.78 is 5.13. The molecule has 0 aliphatic carbocycles. The zero-order chi connectivity index (χ0) is 12.1. The Hall–Kier alpha value is -1.94. The molecular formula is C13H10O3S. The van der Waals surface area contributed by atoms with Crippen LogP contribution in [-0.2, 0) is 9.53 Å². The van der Waals surface area contributed by atoms with Gasteiger partial charge in [0.15, 0.2) is 12.4 Å². The van der Waals surface area contributed by atoms with Crippen LogP contribution in [0.4, 0.5) is 0 Å². The summed E-state index contributed by atoms with van der Waals surface area (Å²) in [6.45, 7) is 0. The summed E-state index contributed by atoms with van der Waals surface area (Å²) >= 11 is 1.38. The number of carbonyl (C=O) groups excluding carboxylic acids is 2. The highest BCUT2D eigenvalue weighted by molar-refractivity contribution is 7.10. The van der Waals surface area contributed by atoms with Gasteiger partial charge in [-0.1, -0.05) is 24.3 Å². The lowest BCUT2D eigenvalue weighted by Crippen LogP contribution is -2.11. The quantitative estimate of drug-likeness (QED) is 0.615. The van der Waals surface area contributed by atoms with Gasteiger partial charge in [-0.25, -0.2) is 4.79 Å². The highest BCUT2D eigenvalue weighted by Gasteiger charge is 2.17. The van der Waals surface area contributed by atoms with Gasteiger partial charge in [-0.05, 0) is 23.6 Å². The molecule has 0 saturated carbocycles. The Balaban J connectivity index is 2.10. The van der Waals surface area contributed by atoms with Gasteiger partial charge in [-0.2, -0.15) is 0 Å². The second kappa shape index (κ2) is 5.41. The van der Waals surface area contributed by atoms with Gasteiger partial charge in [0, 0.05) is 0 Å². The Morgan fingerprint density at radius 2 is 1.94 bits per heavy atom. The molecule has 0 amide bonds. The highest BCUT2D eigenvalue weighted by atomic mass is 32.1. The van der Waals surface area contributed by atoms with E-state index in [4.69, 9.17) is 4.74 Å². The van der Waals surface area contributed by atoms with Crippen molar-refractivity contribution in [2.75, 3.05) is 0 Å². The van der Waals surface area contributed by atoms with Crippen molar-refractivity contribution in [3.63, 3.8) is 0 Å². The molecule has 86 valence electrons. The molecule has 1 aromatic heterocycles. The van der Waals surface area contributed by atoms with E-state index < -0.39 is 12.1 Å². The fraction of sp³-hybridized carbons (Fsp3) is 0.0769. The summed E-state index contributed by atoms with van der Waals surface area (Å²) in [5.41, 5.74) is 0.441. The molecule has 0 N–H and O–H groups in total. The zero-order valence-electron chi connectivity index (χ0n) is 8.91. The van der Waals surface area contributed by atoms with Crippen LogP contribution < -0.4 is 0 Å². The summed E-state index contributed by atoms with van der Waals surface area (Å²) in [5.74, 6) is -0.490. The summed E-state index contributed by atoms with van der Waals surface area (Å²) in [5, 5.41) is 1.84. The predicted molar refractivity (Wildman–Crippen MR) is 65.0 cm³/mol. The fourth-order valence-electron chi connectivity index (χ4n) is 1.36. The van der Waals surface area contributed by atoms with Crippen molar-refractivity contribution < 1.29 is 14.3 Å². The SMILES string of the molecule is O=CC(OC(=O)c1ccccc1)c1cccs1. The van der Waals surface area contributed by atoms with E-state index >= 15 is 0 Å². The molecule has 0 aliphatic rings. The smallest absolute Gasteiger partial charge is 0.339 e. The van der Waals surface area contributed by atoms with Crippen LogP contribution in [0.5, 0.6) is 0 Å². The molecule has 17 heavy (non-hydrogen) atoms. The van der Waals surface area contributed by atoms with Crippen LogP contribution in [0.3, 0.4) is 0 Å². The Labute approximate surface area is 103 Å². The molecule has 0 bridgehead atoms. The average molecular weight is 246 g/mol. The van der Waals surface area contributed by atoms with Crippen molar-refractivity contribution in [1.82, 2.24) is 0 Å². The van der Waals surface area contributed by atoms with Crippen molar-refractivity contribution in [2.45, 2.75) is 6.10 Å². The van der Waals surface area contributed by atoms with Crippen molar-refractivity contribution in [3.05, 3.63) is 58.3 Å². The molecule has 0 saturated heterocycles. The van der Waals surface area contributed by atoms with Crippen LogP contribution in [0.2, 0.25) is 0 Å². The molecule has 0 fully saturated rings. The third-order valence-electron chi connectivity index (χ3n) is 2.19. The van der Waals surface area contributed by atoms with Crippen LogP contribution in [-0.4, -0.2) is 12.3 Å². The van der Waals surface area contributed by atoms with Crippen molar-refractivity contribution in [1.29, 1.82) is 0 Å². The van der Waals surface area contributed by atoms with Crippen LogP contribution in [0, 0.1) is 0 Å². The summed E-state index contributed by atoms with van der Waals surface area (Å²) in [7, 11) is 0. The van der Waals surface area contributed by atoms with E-state index in [9.17, 15) is 9.59 Å². The zero-order valence-corrected chi connectivity index (χ0v) is 9.72. The molecule has 3 nitrogen and oxygen atoms in total. The first-order valence-electron chi connectivity index (χ1n) is 5.06. The van der Waals surface area contributed by atoms with E-state index in [1.165, 1.54) is 11.3 Å². The first kappa shape index (κ1) is 11.5. The van der Waals surface area contributed by atoms with Gasteiger partial charge in [-0.3, -0.25) is 4.79 Å². The van der Waals surface area contributed by atoms with Gasteiger partial charge >= 0.3 is 5.97 Å². The Morgan fingerprint density at radius 3 is 2.53 bits per heavy atom. The number of hydrogen-bond acceptors (Lipinski definition) is 4. The predicted octanol–water partition coefficient (Wildman–Crippen LogP) is 2.85. The molecule has 1 aromatic carbocycles. The minimum atomic E-state index is -0.817. The Morgan fingerprint density at radius 1 is 1.18 bits per heavy atom. The number of esters is 1. The third kappa shape index (κ3) is 2.79. The summed E-state index contributed by atoms with van der Waals surface area (Å²) in [6.07, 6.45) is -0.185. The van der Waals surface area contributed by atoms with Gasteiger partial charge in [0.05, 0.1) is 10.4 Å². The van der Waals surface area contributed by atoms with Gasteiger partial charge in [0.25, 0.3) is 0 Å². The summed E-state index contributed by atoms with van der Waals surface area (Å²) in [6, 6.07) is 12.2. The molecule has 0 radical (unpaired) electrons. The first-order chi connectivity index (χ1) is 8.31. The van der Waals surface area contributed by atoms with Gasteiger partial charge in [0.1, 0.15) is 0 Å². The molecule has 0 aliphatic heterocycles. The maximum Gasteiger partial charge on any atom is 0.339 e. The van der Waals surface area contributed by atoms with Crippen molar-refractivity contribution in [3.8, 4) is 0 Å². The number of thiophene rings is 1. The number of aldehydes is 1.